The molecule has 0 spiro atoms. The van der Waals surface area contributed by atoms with Gasteiger partial charge in [-0.2, -0.15) is 0 Å². The van der Waals surface area contributed by atoms with Crippen LogP contribution in [0.1, 0.15) is 31.8 Å². The summed E-state index contributed by atoms with van der Waals surface area (Å²) in [5.41, 5.74) is 12.1. The van der Waals surface area contributed by atoms with E-state index < -0.39 is 6.04 Å². The largest absolute Gasteiger partial charge is 0.456 e. The molecule has 1 aliphatic carbocycles. The van der Waals surface area contributed by atoms with Crippen LogP contribution in [0.5, 0.6) is 11.5 Å². The maximum Gasteiger partial charge on any atom is 0.135 e. The average Bonchev–Trinajstić information content (AvgIpc) is 3.40. The third-order valence-corrected chi connectivity index (χ3v) is 10.3. The van der Waals surface area contributed by atoms with E-state index in [0.717, 1.165) is 44.3 Å². The summed E-state index contributed by atoms with van der Waals surface area (Å²) in [6, 6.07) is 43.2. The van der Waals surface area contributed by atoms with Gasteiger partial charge in [-0.15, -0.1) is 0 Å². The molecule has 0 aromatic heterocycles. The second-order valence-corrected chi connectivity index (χ2v) is 13.4. The minimum Gasteiger partial charge on any atom is -0.456 e. The van der Waals surface area contributed by atoms with Gasteiger partial charge in [0.25, 0.3) is 0 Å². The molecule has 1 heteroatoms. The van der Waals surface area contributed by atoms with Gasteiger partial charge in [0.15, 0.2) is 0 Å². The van der Waals surface area contributed by atoms with E-state index in [9.17, 15) is 0 Å². The Balaban J connectivity index is 1.09. The van der Waals surface area contributed by atoms with Gasteiger partial charge in [-0.1, -0.05) is 117 Å². The van der Waals surface area contributed by atoms with Crippen LogP contribution in [0.15, 0.2) is 158 Å². The average molecular weight is 618 g/mol. The fourth-order valence-electron chi connectivity index (χ4n) is 7.83. The van der Waals surface area contributed by atoms with Gasteiger partial charge in [0.1, 0.15) is 11.5 Å². The highest BCUT2D eigenvalue weighted by Gasteiger charge is 2.36. The Bertz CT molecular complexity index is 2880. The van der Waals surface area contributed by atoms with E-state index in [1.54, 1.807) is 6.07 Å². The van der Waals surface area contributed by atoms with Crippen molar-refractivity contribution in [3.63, 3.8) is 0 Å². The number of hydrogen-bond acceptors (Lipinski definition) is 1. The Morgan fingerprint density at radius 1 is 0.438 bits per heavy atom. The first-order valence-electron chi connectivity index (χ1n) is 18.8. The SMILES string of the molecule is [2H]c1c([2H])c([2H])c(-c2ccc3c(c2)-c2cc(-c4cccc(-c5ccc6c(c5)C(C)(C)c5cc7ccccc7cc5-6)c4)cc4cccc(c24)O3)c([2H])c1[2H]. The van der Waals surface area contributed by atoms with Crippen molar-refractivity contribution in [3.8, 4) is 67.1 Å². The van der Waals surface area contributed by atoms with Crippen LogP contribution in [-0.4, -0.2) is 0 Å². The maximum absolute atomic E-state index is 8.61. The summed E-state index contributed by atoms with van der Waals surface area (Å²) in [5.74, 6) is 1.41. The van der Waals surface area contributed by atoms with Gasteiger partial charge in [0.05, 0.1) is 6.85 Å². The van der Waals surface area contributed by atoms with Crippen LogP contribution in [0.4, 0.5) is 0 Å². The minimum atomic E-state index is -0.405. The molecular weight excluding hydrogens is 581 g/mol. The van der Waals surface area contributed by atoms with Gasteiger partial charge in [0.2, 0.25) is 0 Å². The monoisotopic (exact) mass is 617 g/mol. The first-order chi connectivity index (χ1) is 25.6. The molecule has 0 radical (unpaired) electrons. The van der Waals surface area contributed by atoms with Crippen molar-refractivity contribution >= 4 is 21.5 Å². The Labute approximate surface area is 287 Å². The Morgan fingerprint density at radius 3 is 1.96 bits per heavy atom. The zero-order chi connectivity index (χ0) is 36.3. The molecule has 2 aliphatic rings. The van der Waals surface area contributed by atoms with E-state index in [4.69, 9.17) is 11.6 Å². The van der Waals surface area contributed by atoms with Crippen LogP contribution in [0.25, 0.3) is 77.2 Å². The molecule has 0 N–H and O–H groups in total. The summed E-state index contributed by atoms with van der Waals surface area (Å²) in [4.78, 5) is 0. The minimum absolute atomic E-state index is 0.134. The van der Waals surface area contributed by atoms with Crippen molar-refractivity contribution in [2.75, 3.05) is 0 Å². The summed E-state index contributed by atoms with van der Waals surface area (Å²) in [7, 11) is 0. The second kappa shape index (κ2) is 10.0. The number of rotatable bonds is 3. The van der Waals surface area contributed by atoms with Crippen LogP contribution in [0.2, 0.25) is 0 Å². The molecule has 1 nitrogen and oxygen atoms in total. The van der Waals surface area contributed by atoms with Crippen LogP contribution in [0.3, 0.4) is 0 Å². The fourth-order valence-corrected chi connectivity index (χ4v) is 7.83. The lowest BCUT2D eigenvalue weighted by Gasteiger charge is -2.23. The van der Waals surface area contributed by atoms with Gasteiger partial charge < -0.3 is 4.74 Å². The molecule has 8 aromatic carbocycles. The first-order valence-corrected chi connectivity index (χ1v) is 16.3. The molecule has 0 bridgehead atoms. The molecule has 0 saturated carbocycles. The first kappa shape index (κ1) is 22.6. The molecule has 0 unspecified atom stereocenters. The van der Waals surface area contributed by atoms with E-state index >= 15 is 0 Å². The number of fused-ring (bicyclic) bond motifs is 6. The quantitative estimate of drug-likeness (QED) is 0.192. The zero-order valence-corrected chi connectivity index (χ0v) is 26.5. The standard InChI is InChI=1S/C47H32O/c1-47(2)42-28-35(18-20-38(42)39-24-32-12-6-7-13-33(32)27-43(39)47)30-14-8-15-31(22-30)37-23-36-16-9-17-45-46(36)41(26-37)40-25-34(19-21-44(40)48-45)29-10-4-3-5-11-29/h3-28H,1-2H3/i3D,4D,5D,10D,11D. The normalized spacial score (nSPS) is 15.0. The van der Waals surface area contributed by atoms with E-state index in [0.29, 0.717) is 11.3 Å². The van der Waals surface area contributed by atoms with Gasteiger partial charge in [-0.05, 0) is 132 Å². The van der Waals surface area contributed by atoms with Crippen molar-refractivity contribution in [3.05, 3.63) is 169 Å². The summed E-state index contributed by atoms with van der Waals surface area (Å²) in [6.07, 6.45) is 0. The summed E-state index contributed by atoms with van der Waals surface area (Å²) < 4.78 is 48.2. The maximum atomic E-state index is 8.61. The molecule has 8 aromatic rings. The van der Waals surface area contributed by atoms with Crippen LogP contribution >= 0.6 is 0 Å². The lowest BCUT2D eigenvalue weighted by Crippen LogP contribution is -2.15. The topological polar surface area (TPSA) is 9.23 Å². The molecule has 48 heavy (non-hydrogen) atoms. The molecule has 0 saturated heterocycles. The number of ether oxygens (including phenoxy) is 1. The van der Waals surface area contributed by atoms with Crippen molar-refractivity contribution in [1.82, 2.24) is 0 Å². The van der Waals surface area contributed by atoms with Crippen molar-refractivity contribution in [2.24, 2.45) is 0 Å². The number of hydrogen-bond donors (Lipinski definition) is 0. The predicted molar refractivity (Wildman–Crippen MR) is 201 cm³/mol. The molecule has 1 heterocycles. The van der Waals surface area contributed by atoms with Crippen LogP contribution in [0, 0.1) is 0 Å². The smallest absolute Gasteiger partial charge is 0.135 e. The van der Waals surface area contributed by atoms with Crippen LogP contribution < -0.4 is 4.74 Å². The summed E-state index contributed by atoms with van der Waals surface area (Å²) in [5, 5.41) is 4.53. The van der Waals surface area contributed by atoms with Crippen molar-refractivity contribution < 1.29 is 11.6 Å². The van der Waals surface area contributed by atoms with E-state index in [2.05, 4.69) is 111 Å². The second-order valence-electron chi connectivity index (χ2n) is 13.4. The van der Waals surface area contributed by atoms with E-state index in [1.165, 1.54) is 38.6 Å². The fraction of sp³-hybridized carbons (Fsp3) is 0.0638. The van der Waals surface area contributed by atoms with Crippen molar-refractivity contribution in [1.29, 1.82) is 0 Å². The van der Waals surface area contributed by atoms with Gasteiger partial charge in [-0.25, -0.2) is 0 Å². The molecule has 0 fully saturated rings. The highest BCUT2D eigenvalue weighted by Crippen LogP contribution is 2.52. The van der Waals surface area contributed by atoms with Crippen molar-refractivity contribution in [2.45, 2.75) is 19.3 Å². The van der Waals surface area contributed by atoms with Gasteiger partial charge in [0, 0.05) is 16.4 Å². The molecular formula is C47H32O. The summed E-state index contributed by atoms with van der Waals surface area (Å²) >= 11 is 0. The molecule has 0 atom stereocenters. The van der Waals surface area contributed by atoms with Gasteiger partial charge >= 0.3 is 0 Å². The Hall–Kier alpha value is -5.92. The van der Waals surface area contributed by atoms with E-state index in [-0.39, 0.29) is 35.1 Å². The molecule has 0 amide bonds. The third kappa shape index (κ3) is 4.04. The summed E-state index contributed by atoms with van der Waals surface area (Å²) in [6.45, 7) is 4.65. The molecule has 10 rings (SSSR count). The third-order valence-electron chi connectivity index (χ3n) is 10.3. The molecule has 1 aliphatic heterocycles. The highest BCUT2D eigenvalue weighted by molar-refractivity contribution is 6.07. The highest BCUT2D eigenvalue weighted by atomic mass is 16.5. The van der Waals surface area contributed by atoms with E-state index in [1.807, 2.05) is 24.3 Å². The number of benzene rings is 8. The van der Waals surface area contributed by atoms with Crippen LogP contribution in [-0.2, 0) is 5.41 Å². The Kier molecular flexibility index (Phi) is 4.72. The van der Waals surface area contributed by atoms with Gasteiger partial charge in [-0.3, -0.25) is 0 Å². The predicted octanol–water partition coefficient (Wildman–Crippen LogP) is 13.1. The Morgan fingerprint density at radius 2 is 1.10 bits per heavy atom. The lowest BCUT2D eigenvalue weighted by molar-refractivity contribution is 0.487. The zero-order valence-electron chi connectivity index (χ0n) is 31.5. The molecule has 226 valence electrons. The lowest BCUT2D eigenvalue weighted by atomic mass is 9.81.